The van der Waals surface area contributed by atoms with Gasteiger partial charge in [0, 0.05) is 5.56 Å². The average molecular weight is 385 g/mol. The van der Waals surface area contributed by atoms with E-state index in [0.29, 0.717) is 23.8 Å². The average Bonchev–Trinajstić information content (AvgIpc) is 3.03. The van der Waals surface area contributed by atoms with Gasteiger partial charge in [-0.1, -0.05) is 60.9 Å². The van der Waals surface area contributed by atoms with Crippen molar-refractivity contribution in [2.45, 2.75) is 61.9 Å². The minimum absolute atomic E-state index is 0.177. The number of nitrogens with zero attached hydrogens (tertiary/aromatic N) is 4. The number of hydrogen-bond acceptors (Lipinski definition) is 6. The van der Waals surface area contributed by atoms with Gasteiger partial charge in [0.15, 0.2) is 5.82 Å². The fraction of sp³-hybridized carbons (Fsp3) is 0.474. The second-order valence-electron chi connectivity index (χ2n) is 7.05. The van der Waals surface area contributed by atoms with Crippen LogP contribution >= 0.6 is 11.8 Å². The molecule has 1 unspecified atom stereocenters. The lowest BCUT2D eigenvalue weighted by Gasteiger charge is -2.32. The van der Waals surface area contributed by atoms with Gasteiger partial charge in [0.2, 0.25) is 11.1 Å². The number of benzene rings is 1. The molecule has 1 fully saturated rings. The van der Waals surface area contributed by atoms with Crippen LogP contribution in [-0.4, -0.2) is 31.6 Å². The fourth-order valence-electron chi connectivity index (χ4n) is 3.23. The summed E-state index contributed by atoms with van der Waals surface area (Å²) >= 11 is 1.24. The first-order chi connectivity index (χ1) is 12.9. The molecule has 3 N–H and O–H groups in total. The van der Waals surface area contributed by atoms with Crippen molar-refractivity contribution in [2.75, 3.05) is 5.84 Å². The molecule has 0 radical (unpaired) electrons. The molecular weight excluding hydrogens is 360 g/mol. The van der Waals surface area contributed by atoms with Crippen LogP contribution in [-0.2, 0) is 4.79 Å². The molecule has 0 bridgehead atoms. The highest BCUT2D eigenvalue weighted by atomic mass is 32.2. The van der Waals surface area contributed by atoms with E-state index >= 15 is 0 Å². The highest BCUT2D eigenvalue weighted by Gasteiger charge is 2.35. The van der Waals surface area contributed by atoms with Gasteiger partial charge in [-0.3, -0.25) is 4.79 Å². The summed E-state index contributed by atoms with van der Waals surface area (Å²) in [5.74, 6) is 6.51. The molecule has 0 aliphatic heterocycles. The molecule has 1 atom stereocenters. The van der Waals surface area contributed by atoms with E-state index in [2.05, 4.69) is 21.6 Å². The van der Waals surface area contributed by atoms with E-state index in [4.69, 9.17) is 5.84 Å². The highest BCUT2D eigenvalue weighted by Crippen LogP contribution is 2.29. The standard InChI is InChI=1S/C19H24N6OS/c1-13-6-8-15(9-7-13)16-23-24-18(25(16)21)27-14(2)17(26)22-19(12-20)10-4-3-5-11-19/h6-9,14H,3-5,10-11,21H2,1-2H3,(H,22,26). The topological polar surface area (TPSA) is 110 Å². The summed E-state index contributed by atoms with van der Waals surface area (Å²) in [5, 5.41) is 20.8. The molecule has 142 valence electrons. The van der Waals surface area contributed by atoms with Crippen LogP contribution in [0.5, 0.6) is 0 Å². The molecule has 1 amide bonds. The minimum atomic E-state index is -0.742. The van der Waals surface area contributed by atoms with Crippen LogP contribution in [0, 0.1) is 18.3 Å². The van der Waals surface area contributed by atoms with Crippen molar-refractivity contribution in [2.24, 2.45) is 0 Å². The van der Waals surface area contributed by atoms with E-state index in [-0.39, 0.29) is 5.91 Å². The number of aryl methyl sites for hydroxylation is 1. The molecule has 1 saturated carbocycles. The summed E-state index contributed by atoms with van der Waals surface area (Å²) < 4.78 is 1.40. The highest BCUT2D eigenvalue weighted by molar-refractivity contribution is 8.00. The zero-order valence-corrected chi connectivity index (χ0v) is 16.4. The summed E-state index contributed by atoms with van der Waals surface area (Å²) in [4.78, 5) is 12.6. The number of amides is 1. The van der Waals surface area contributed by atoms with Crippen molar-refractivity contribution in [1.82, 2.24) is 20.2 Å². The van der Waals surface area contributed by atoms with Gasteiger partial charge in [-0.15, -0.1) is 10.2 Å². The van der Waals surface area contributed by atoms with Crippen molar-refractivity contribution < 1.29 is 4.79 Å². The van der Waals surface area contributed by atoms with Crippen LogP contribution in [0.25, 0.3) is 11.4 Å². The van der Waals surface area contributed by atoms with Crippen LogP contribution in [0.2, 0.25) is 0 Å². The number of rotatable bonds is 5. The molecule has 0 spiro atoms. The lowest BCUT2D eigenvalue weighted by molar-refractivity contribution is -0.121. The smallest absolute Gasteiger partial charge is 0.234 e. The SMILES string of the molecule is Cc1ccc(-c2nnc(SC(C)C(=O)NC3(C#N)CCCCC3)n2N)cc1. The lowest BCUT2D eigenvalue weighted by atomic mass is 9.83. The third-order valence-electron chi connectivity index (χ3n) is 4.91. The number of nitrogens with one attached hydrogen (secondary N) is 1. The van der Waals surface area contributed by atoms with E-state index in [1.807, 2.05) is 31.2 Å². The lowest BCUT2D eigenvalue weighted by Crippen LogP contribution is -2.51. The van der Waals surface area contributed by atoms with Crippen molar-refractivity contribution in [3.8, 4) is 17.5 Å². The number of hydrogen-bond donors (Lipinski definition) is 2. The zero-order chi connectivity index (χ0) is 19.4. The summed E-state index contributed by atoms with van der Waals surface area (Å²) in [6.45, 7) is 3.80. The maximum Gasteiger partial charge on any atom is 0.234 e. The Bertz CT molecular complexity index is 848. The van der Waals surface area contributed by atoms with Gasteiger partial charge in [-0.25, -0.2) is 4.68 Å². The summed E-state index contributed by atoms with van der Waals surface area (Å²) in [6.07, 6.45) is 4.45. The molecule has 1 aliphatic carbocycles. The largest absolute Gasteiger partial charge is 0.337 e. The predicted molar refractivity (Wildman–Crippen MR) is 105 cm³/mol. The monoisotopic (exact) mass is 384 g/mol. The van der Waals surface area contributed by atoms with Crippen molar-refractivity contribution in [3.05, 3.63) is 29.8 Å². The van der Waals surface area contributed by atoms with Gasteiger partial charge < -0.3 is 11.2 Å². The third kappa shape index (κ3) is 4.25. The minimum Gasteiger partial charge on any atom is -0.337 e. The maximum atomic E-state index is 12.6. The summed E-state index contributed by atoms with van der Waals surface area (Å²) in [6, 6.07) is 10.2. The maximum absolute atomic E-state index is 12.6. The Balaban J connectivity index is 1.69. The third-order valence-corrected chi connectivity index (χ3v) is 5.97. The van der Waals surface area contributed by atoms with Gasteiger partial charge in [-0.2, -0.15) is 5.26 Å². The number of nitrogens with two attached hydrogens (primary N) is 1. The molecule has 1 aliphatic rings. The zero-order valence-electron chi connectivity index (χ0n) is 15.6. The first kappa shape index (κ1) is 19.2. The summed E-state index contributed by atoms with van der Waals surface area (Å²) in [5.41, 5.74) is 1.27. The van der Waals surface area contributed by atoms with Crippen molar-refractivity contribution in [1.29, 1.82) is 5.26 Å². The van der Waals surface area contributed by atoms with E-state index in [9.17, 15) is 10.1 Å². The van der Waals surface area contributed by atoms with Gasteiger partial charge >= 0.3 is 0 Å². The number of aromatic nitrogens is 3. The Hall–Kier alpha value is -2.53. The predicted octanol–water partition coefficient (Wildman–Crippen LogP) is 2.79. The van der Waals surface area contributed by atoms with E-state index in [1.54, 1.807) is 6.92 Å². The van der Waals surface area contributed by atoms with Crippen molar-refractivity contribution >= 4 is 17.7 Å². The summed E-state index contributed by atoms with van der Waals surface area (Å²) in [7, 11) is 0. The normalized spacial score (nSPS) is 17.1. The van der Waals surface area contributed by atoms with E-state index < -0.39 is 10.8 Å². The Morgan fingerprint density at radius 2 is 1.96 bits per heavy atom. The second-order valence-corrected chi connectivity index (χ2v) is 8.35. The van der Waals surface area contributed by atoms with Crippen molar-refractivity contribution in [3.63, 3.8) is 0 Å². The molecule has 3 rings (SSSR count). The number of nitriles is 1. The van der Waals surface area contributed by atoms with Gasteiger partial charge in [-0.05, 0) is 26.7 Å². The molecule has 0 saturated heterocycles. The first-order valence-electron chi connectivity index (χ1n) is 9.11. The van der Waals surface area contributed by atoms with Gasteiger partial charge in [0.25, 0.3) is 0 Å². The second kappa shape index (κ2) is 8.01. The van der Waals surface area contributed by atoms with Gasteiger partial charge in [0.1, 0.15) is 5.54 Å². The van der Waals surface area contributed by atoms with Crippen LogP contribution < -0.4 is 11.2 Å². The molecular formula is C19H24N6OS. The Morgan fingerprint density at radius 1 is 1.30 bits per heavy atom. The van der Waals surface area contributed by atoms with E-state index in [0.717, 1.165) is 30.4 Å². The Kier molecular flexibility index (Phi) is 5.71. The molecule has 7 nitrogen and oxygen atoms in total. The Morgan fingerprint density at radius 3 is 2.59 bits per heavy atom. The molecule has 27 heavy (non-hydrogen) atoms. The number of carbonyl (C=O) groups excluding carboxylic acids is 1. The number of nitrogen functional groups attached to an aromatic ring is 1. The van der Waals surface area contributed by atoms with E-state index in [1.165, 1.54) is 16.4 Å². The molecule has 1 heterocycles. The van der Waals surface area contributed by atoms with Crippen LogP contribution in [0.1, 0.15) is 44.6 Å². The molecule has 2 aromatic rings. The van der Waals surface area contributed by atoms with Crippen LogP contribution in [0.4, 0.5) is 0 Å². The Labute approximate surface area is 163 Å². The van der Waals surface area contributed by atoms with Crippen LogP contribution in [0.15, 0.2) is 29.4 Å². The van der Waals surface area contributed by atoms with Gasteiger partial charge in [0.05, 0.1) is 11.3 Å². The van der Waals surface area contributed by atoms with Crippen LogP contribution in [0.3, 0.4) is 0 Å². The number of thioether (sulfide) groups is 1. The quantitative estimate of drug-likeness (QED) is 0.606. The first-order valence-corrected chi connectivity index (χ1v) is 9.99. The molecule has 8 heteroatoms. The fourth-order valence-corrected chi connectivity index (χ4v) is 4.00. The molecule has 1 aromatic heterocycles. The number of carbonyl (C=O) groups is 1. The molecule has 1 aromatic carbocycles.